The number of tetrazole rings is 1. The third-order valence-electron chi connectivity index (χ3n) is 3.19. The van der Waals surface area contributed by atoms with Crippen molar-refractivity contribution < 1.29 is 4.74 Å². The molecule has 3 rings (SSSR count). The Labute approximate surface area is 133 Å². The van der Waals surface area contributed by atoms with Crippen molar-refractivity contribution in [2.45, 2.75) is 0 Å². The van der Waals surface area contributed by atoms with Crippen molar-refractivity contribution in [3.8, 4) is 5.69 Å². The maximum absolute atomic E-state index is 5.86. The quantitative estimate of drug-likeness (QED) is 0.809. The van der Waals surface area contributed by atoms with E-state index in [4.69, 9.17) is 16.3 Å². The van der Waals surface area contributed by atoms with Crippen molar-refractivity contribution in [3.05, 3.63) is 53.5 Å². The van der Waals surface area contributed by atoms with Crippen LogP contribution >= 0.6 is 11.6 Å². The summed E-state index contributed by atoms with van der Waals surface area (Å²) in [6.07, 6.45) is 7.73. The molecule has 7 heteroatoms. The van der Waals surface area contributed by atoms with Crippen molar-refractivity contribution in [2.24, 2.45) is 0 Å². The number of hydrogen-bond donors (Lipinski definition) is 0. The summed E-state index contributed by atoms with van der Waals surface area (Å²) in [5.41, 5.74) is 0.820. The number of hydrogen-bond acceptors (Lipinski definition) is 5. The van der Waals surface area contributed by atoms with E-state index in [1.54, 1.807) is 12.1 Å². The first kappa shape index (κ1) is 14.7. The standard InChI is InChI=1S/C15H16ClN5O/c16-13-4-6-14(7-5-13)21-18-15(17-19-21)3-1-2-8-20-9-11-22-12-10-20/h1-8H,9-12H2/b3-1-,8-2+. The summed E-state index contributed by atoms with van der Waals surface area (Å²) in [7, 11) is 0. The highest BCUT2D eigenvalue weighted by Crippen LogP contribution is 2.11. The number of rotatable bonds is 4. The van der Waals surface area contributed by atoms with Gasteiger partial charge in [0, 0.05) is 18.1 Å². The maximum Gasteiger partial charge on any atom is 0.198 e. The second-order valence-electron chi connectivity index (χ2n) is 4.76. The van der Waals surface area contributed by atoms with Crippen LogP contribution in [0.4, 0.5) is 0 Å². The predicted octanol–water partition coefficient (Wildman–Crippen LogP) is 2.17. The Morgan fingerprint density at radius 1 is 1.09 bits per heavy atom. The lowest BCUT2D eigenvalue weighted by Crippen LogP contribution is -2.31. The fraction of sp³-hybridized carbons (Fsp3) is 0.267. The van der Waals surface area contributed by atoms with Gasteiger partial charge in [-0.15, -0.1) is 15.0 Å². The van der Waals surface area contributed by atoms with Crippen LogP contribution in [0.25, 0.3) is 11.8 Å². The van der Waals surface area contributed by atoms with Crippen molar-refractivity contribution in [1.29, 1.82) is 0 Å². The van der Waals surface area contributed by atoms with E-state index in [9.17, 15) is 0 Å². The first-order valence-electron chi connectivity index (χ1n) is 7.04. The molecule has 0 saturated carbocycles. The Morgan fingerprint density at radius 2 is 1.86 bits per heavy atom. The Bertz CT molecular complexity index is 659. The summed E-state index contributed by atoms with van der Waals surface area (Å²) in [4.78, 5) is 3.69. The Balaban J connectivity index is 1.60. The number of aromatic nitrogens is 4. The molecule has 22 heavy (non-hydrogen) atoms. The second kappa shape index (κ2) is 7.20. The van der Waals surface area contributed by atoms with Gasteiger partial charge in [0.2, 0.25) is 0 Å². The average molecular weight is 318 g/mol. The van der Waals surface area contributed by atoms with Crippen molar-refractivity contribution >= 4 is 17.7 Å². The zero-order valence-corrected chi connectivity index (χ0v) is 12.7. The number of halogens is 1. The van der Waals surface area contributed by atoms with Gasteiger partial charge >= 0.3 is 0 Å². The molecule has 1 saturated heterocycles. The van der Waals surface area contributed by atoms with E-state index in [2.05, 4.69) is 20.3 Å². The van der Waals surface area contributed by atoms with Crippen LogP contribution in [0, 0.1) is 0 Å². The molecule has 1 aromatic heterocycles. The predicted molar refractivity (Wildman–Crippen MR) is 84.7 cm³/mol. The normalized spacial score (nSPS) is 16.0. The van der Waals surface area contributed by atoms with Gasteiger partial charge < -0.3 is 9.64 Å². The van der Waals surface area contributed by atoms with Crippen LogP contribution in [-0.2, 0) is 4.74 Å². The fourth-order valence-electron chi connectivity index (χ4n) is 2.02. The van der Waals surface area contributed by atoms with E-state index in [0.29, 0.717) is 10.8 Å². The first-order chi connectivity index (χ1) is 10.8. The Morgan fingerprint density at radius 3 is 2.64 bits per heavy atom. The zero-order chi connectivity index (χ0) is 15.2. The van der Waals surface area contributed by atoms with Gasteiger partial charge in [0.1, 0.15) is 0 Å². The minimum Gasteiger partial charge on any atom is -0.378 e. The van der Waals surface area contributed by atoms with Gasteiger partial charge in [-0.05, 0) is 47.8 Å². The molecule has 0 atom stereocenters. The molecule has 1 aliphatic rings. The molecule has 0 radical (unpaired) electrons. The van der Waals surface area contributed by atoms with Crippen LogP contribution in [0.2, 0.25) is 5.02 Å². The van der Waals surface area contributed by atoms with E-state index in [0.717, 1.165) is 32.0 Å². The number of nitrogens with zero attached hydrogens (tertiary/aromatic N) is 5. The SMILES string of the molecule is Clc1ccc(-n2nnc(/C=C\C=C\N3CCOCC3)n2)cc1. The molecule has 1 aliphatic heterocycles. The molecular formula is C15H16ClN5O. The van der Waals surface area contributed by atoms with Gasteiger partial charge in [-0.25, -0.2) is 0 Å². The van der Waals surface area contributed by atoms with E-state index in [1.165, 1.54) is 4.80 Å². The topological polar surface area (TPSA) is 56.1 Å². The van der Waals surface area contributed by atoms with E-state index >= 15 is 0 Å². The minimum absolute atomic E-state index is 0.557. The molecule has 1 fully saturated rings. The fourth-order valence-corrected chi connectivity index (χ4v) is 2.14. The lowest BCUT2D eigenvalue weighted by atomic mass is 10.3. The van der Waals surface area contributed by atoms with Crippen molar-refractivity contribution in [2.75, 3.05) is 26.3 Å². The Kier molecular flexibility index (Phi) is 4.82. The minimum atomic E-state index is 0.557. The summed E-state index contributed by atoms with van der Waals surface area (Å²) in [6, 6.07) is 7.27. The van der Waals surface area contributed by atoms with Crippen LogP contribution in [0.3, 0.4) is 0 Å². The van der Waals surface area contributed by atoms with Gasteiger partial charge in [0.25, 0.3) is 0 Å². The summed E-state index contributed by atoms with van der Waals surface area (Å²) in [5.74, 6) is 0.557. The molecule has 0 spiro atoms. The van der Waals surface area contributed by atoms with E-state index in [-0.39, 0.29) is 0 Å². The summed E-state index contributed by atoms with van der Waals surface area (Å²) in [5, 5.41) is 13.0. The van der Waals surface area contributed by atoms with Crippen LogP contribution in [-0.4, -0.2) is 51.4 Å². The zero-order valence-electron chi connectivity index (χ0n) is 12.0. The first-order valence-corrected chi connectivity index (χ1v) is 7.42. The molecule has 2 heterocycles. The summed E-state index contributed by atoms with van der Waals surface area (Å²) < 4.78 is 5.29. The van der Waals surface area contributed by atoms with Crippen LogP contribution in [0.1, 0.15) is 5.82 Å². The molecule has 6 nitrogen and oxygen atoms in total. The number of morpholine rings is 1. The number of ether oxygens (including phenoxy) is 1. The van der Waals surface area contributed by atoms with Crippen molar-refractivity contribution in [1.82, 2.24) is 25.1 Å². The number of benzene rings is 1. The second-order valence-corrected chi connectivity index (χ2v) is 5.20. The van der Waals surface area contributed by atoms with Gasteiger partial charge in [-0.2, -0.15) is 0 Å². The number of allylic oxidation sites excluding steroid dienone is 2. The lowest BCUT2D eigenvalue weighted by molar-refractivity contribution is 0.0594. The van der Waals surface area contributed by atoms with Crippen LogP contribution in [0.15, 0.2) is 42.6 Å². The lowest BCUT2D eigenvalue weighted by Gasteiger charge is -2.24. The highest BCUT2D eigenvalue weighted by molar-refractivity contribution is 6.30. The highest BCUT2D eigenvalue weighted by Gasteiger charge is 2.04. The molecular weight excluding hydrogens is 302 g/mol. The maximum atomic E-state index is 5.86. The molecule has 0 bridgehead atoms. The molecule has 2 aromatic rings. The van der Waals surface area contributed by atoms with E-state index < -0.39 is 0 Å². The average Bonchev–Trinajstić information content (AvgIpc) is 3.02. The van der Waals surface area contributed by atoms with Gasteiger partial charge in [0.05, 0.1) is 18.9 Å². The smallest absolute Gasteiger partial charge is 0.198 e. The molecule has 0 aliphatic carbocycles. The van der Waals surface area contributed by atoms with Gasteiger partial charge in [0.15, 0.2) is 5.82 Å². The van der Waals surface area contributed by atoms with E-state index in [1.807, 2.05) is 36.6 Å². The molecule has 0 unspecified atom stereocenters. The third kappa shape index (κ3) is 3.93. The Hall–Kier alpha value is -2.18. The highest BCUT2D eigenvalue weighted by atomic mass is 35.5. The molecule has 1 aromatic carbocycles. The molecule has 0 amide bonds. The largest absolute Gasteiger partial charge is 0.378 e. The third-order valence-corrected chi connectivity index (χ3v) is 3.44. The monoisotopic (exact) mass is 317 g/mol. The summed E-state index contributed by atoms with van der Waals surface area (Å²) in [6.45, 7) is 3.42. The molecule has 0 N–H and O–H groups in total. The summed E-state index contributed by atoms with van der Waals surface area (Å²) >= 11 is 5.86. The van der Waals surface area contributed by atoms with Gasteiger partial charge in [-0.3, -0.25) is 0 Å². The van der Waals surface area contributed by atoms with Gasteiger partial charge in [-0.1, -0.05) is 17.7 Å². The molecule has 114 valence electrons. The van der Waals surface area contributed by atoms with Crippen LogP contribution < -0.4 is 0 Å². The van der Waals surface area contributed by atoms with Crippen molar-refractivity contribution in [3.63, 3.8) is 0 Å². The van der Waals surface area contributed by atoms with Crippen LogP contribution in [0.5, 0.6) is 0 Å².